The molecule has 0 spiro atoms. The number of hydrogen-bond acceptors (Lipinski definition) is 1. The van der Waals surface area contributed by atoms with E-state index in [0.29, 0.717) is 12.8 Å². The summed E-state index contributed by atoms with van der Waals surface area (Å²) in [5, 5.41) is 0. The first-order valence-corrected chi connectivity index (χ1v) is 7.61. The lowest BCUT2D eigenvalue weighted by Gasteiger charge is -2.24. The SMILES string of the molecule is O=C(c1c(F)ccc(Br)c1F)C1CCc2ccccc2C1. The summed E-state index contributed by atoms with van der Waals surface area (Å²) in [5.74, 6) is -2.41. The topological polar surface area (TPSA) is 17.1 Å². The Bertz CT molecular complexity index is 712. The van der Waals surface area contributed by atoms with Crippen LogP contribution >= 0.6 is 15.9 Å². The zero-order chi connectivity index (χ0) is 15.0. The molecule has 2 aromatic rings. The summed E-state index contributed by atoms with van der Waals surface area (Å²) in [6.45, 7) is 0. The predicted molar refractivity (Wildman–Crippen MR) is 80.3 cm³/mol. The number of carbonyl (C=O) groups is 1. The molecule has 1 aliphatic rings. The van der Waals surface area contributed by atoms with Gasteiger partial charge in [-0.2, -0.15) is 0 Å². The minimum absolute atomic E-state index is 0.114. The van der Waals surface area contributed by atoms with Gasteiger partial charge in [-0.05, 0) is 58.5 Å². The first kappa shape index (κ1) is 14.4. The summed E-state index contributed by atoms with van der Waals surface area (Å²) in [6, 6.07) is 10.3. The second kappa shape index (κ2) is 5.68. The molecule has 0 fully saturated rings. The van der Waals surface area contributed by atoms with E-state index in [1.54, 1.807) is 0 Å². The highest BCUT2D eigenvalue weighted by Gasteiger charge is 2.29. The monoisotopic (exact) mass is 350 g/mol. The van der Waals surface area contributed by atoms with E-state index in [-0.39, 0.29) is 10.4 Å². The Morgan fingerprint density at radius 1 is 1.10 bits per heavy atom. The summed E-state index contributed by atoms with van der Waals surface area (Å²) in [4.78, 5) is 12.5. The molecule has 0 radical (unpaired) electrons. The van der Waals surface area contributed by atoms with E-state index >= 15 is 0 Å². The molecule has 2 aromatic carbocycles. The molecule has 1 unspecified atom stereocenters. The molecule has 0 amide bonds. The van der Waals surface area contributed by atoms with Gasteiger partial charge in [0.25, 0.3) is 0 Å². The van der Waals surface area contributed by atoms with Gasteiger partial charge in [-0.15, -0.1) is 0 Å². The Morgan fingerprint density at radius 2 is 1.81 bits per heavy atom. The minimum atomic E-state index is -0.807. The molecule has 1 aliphatic carbocycles. The molecule has 108 valence electrons. The van der Waals surface area contributed by atoms with Crippen molar-refractivity contribution < 1.29 is 13.6 Å². The van der Waals surface area contributed by atoms with Crippen LogP contribution in [0.5, 0.6) is 0 Å². The Morgan fingerprint density at radius 3 is 2.57 bits per heavy atom. The van der Waals surface area contributed by atoms with Gasteiger partial charge in [0.15, 0.2) is 11.6 Å². The maximum absolute atomic E-state index is 14.1. The van der Waals surface area contributed by atoms with Crippen molar-refractivity contribution in [3.8, 4) is 0 Å². The third-order valence-corrected chi connectivity index (χ3v) is 4.62. The normalized spacial score (nSPS) is 17.4. The van der Waals surface area contributed by atoms with Gasteiger partial charge in [0.1, 0.15) is 5.82 Å². The second-order valence-electron chi connectivity index (χ2n) is 5.29. The van der Waals surface area contributed by atoms with E-state index in [9.17, 15) is 13.6 Å². The van der Waals surface area contributed by atoms with E-state index in [2.05, 4.69) is 15.9 Å². The van der Waals surface area contributed by atoms with Crippen LogP contribution < -0.4 is 0 Å². The lowest BCUT2D eigenvalue weighted by atomic mass is 9.80. The van der Waals surface area contributed by atoms with Gasteiger partial charge in [0.05, 0.1) is 10.0 Å². The molecule has 1 atom stereocenters. The van der Waals surface area contributed by atoms with E-state index in [4.69, 9.17) is 0 Å². The largest absolute Gasteiger partial charge is 0.294 e. The standard InChI is InChI=1S/C17H13BrF2O/c18-13-7-8-14(19)15(16(13)20)17(21)12-6-5-10-3-1-2-4-11(10)9-12/h1-4,7-8,12H,5-6,9H2. The van der Waals surface area contributed by atoms with E-state index in [1.165, 1.54) is 11.6 Å². The Balaban J connectivity index is 1.93. The number of aryl methyl sites for hydroxylation is 1. The lowest BCUT2D eigenvalue weighted by molar-refractivity contribution is 0.0900. The average Bonchev–Trinajstić information content (AvgIpc) is 2.51. The van der Waals surface area contributed by atoms with Crippen molar-refractivity contribution >= 4 is 21.7 Å². The van der Waals surface area contributed by atoms with Gasteiger partial charge in [-0.3, -0.25) is 4.79 Å². The van der Waals surface area contributed by atoms with Crippen LogP contribution in [0.25, 0.3) is 0 Å². The summed E-state index contributed by atoms with van der Waals surface area (Å²) in [5.41, 5.74) is 1.89. The molecular weight excluding hydrogens is 338 g/mol. The van der Waals surface area contributed by atoms with Crippen molar-refractivity contribution in [2.75, 3.05) is 0 Å². The summed E-state index contributed by atoms with van der Waals surface area (Å²) in [7, 11) is 0. The van der Waals surface area contributed by atoms with Crippen LogP contribution in [-0.4, -0.2) is 5.78 Å². The smallest absolute Gasteiger partial charge is 0.172 e. The highest BCUT2D eigenvalue weighted by Crippen LogP contribution is 2.30. The van der Waals surface area contributed by atoms with Crippen LogP contribution in [0.1, 0.15) is 27.9 Å². The van der Waals surface area contributed by atoms with Gasteiger partial charge in [-0.1, -0.05) is 24.3 Å². The first-order valence-electron chi connectivity index (χ1n) is 6.82. The molecule has 0 N–H and O–H groups in total. The van der Waals surface area contributed by atoms with Crippen molar-refractivity contribution in [3.63, 3.8) is 0 Å². The van der Waals surface area contributed by atoms with Crippen molar-refractivity contribution in [2.45, 2.75) is 19.3 Å². The van der Waals surface area contributed by atoms with Crippen molar-refractivity contribution in [1.29, 1.82) is 0 Å². The van der Waals surface area contributed by atoms with Crippen molar-refractivity contribution in [3.05, 3.63) is 69.2 Å². The molecule has 4 heteroatoms. The van der Waals surface area contributed by atoms with Crippen molar-refractivity contribution in [2.24, 2.45) is 5.92 Å². The predicted octanol–water partition coefficient (Wildman–Crippen LogP) is 4.72. The van der Waals surface area contributed by atoms with Crippen LogP contribution in [-0.2, 0) is 12.8 Å². The van der Waals surface area contributed by atoms with Gasteiger partial charge < -0.3 is 0 Å². The quantitative estimate of drug-likeness (QED) is 0.566. The van der Waals surface area contributed by atoms with Crippen LogP contribution in [0, 0.1) is 17.6 Å². The average molecular weight is 351 g/mol. The van der Waals surface area contributed by atoms with Crippen LogP contribution in [0.2, 0.25) is 0 Å². The molecule has 0 aliphatic heterocycles. The molecule has 0 saturated carbocycles. The molecule has 0 bridgehead atoms. The van der Waals surface area contributed by atoms with E-state index in [1.807, 2.05) is 24.3 Å². The number of carbonyl (C=O) groups excluding carboxylic acids is 1. The van der Waals surface area contributed by atoms with Crippen LogP contribution in [0.15, 0.2) is 40.9 Å². The van der Waals surface area contributed by atoms with Crippen molar-refractivity contribution in [1.82, 2.24) is 0 Å². The van der Waals surface area contributed by atoms with Crippen LogP contribution in [0.4, 0.5) is 8.78 Å². The second-order valence-corrected chi connectivity index (χ2v) is 6.15. The fraction of sp³-hybridized carbons (Fsp3) is 0.235. The van der Waals surface area contributed by atoms with E-state index < -0.39 is 23.0 Å². The number of halogens is 3. The highest BCUT2D eigenvalue weighted by molar-refractivity contribution is 9.10. The third-order valence-electron chi connectivity index (χ3n) is 4.01. The number of benzene rings is 2. The summed E-state index contributed by atoms with van der Waals surface area (Å²) < 4.78 is 28.0. The first-order chi connectivity index (χ1) is 10.1. The molecular formula is C17H13BrF2O. The fourth-order valence-corrected chi connectivity index (χ4v) is 3.21. The van der Waals surface area contributed by atoms with Gasteiger partial charge >= 0.3 is 0 Å². The molecule has 0 heterocycles. The molecule has 0 saturated heterocycles. The molecule has 21 heavy (non-hydrogen) atoms. The zero-order valence-electron chi connectivity index (χ0n) is 11.2. The minimum Gasteiger partial charge on any atom is -0.294 e. The van der Waals surface area contributed by atoms with Gasteiger partial charge in [0.2, 0.25) is 0 Å². The molecule has 3 rings (SSSR count). The maximum Gasteiger partial charge on any atom is 0.172 e. The Labute approximate surface area is 130 Å². The lowest BCUT2D eigenvalue weighted by Crippen LogP contribution is -2.24. The zero-order valence-corrected chi connectivity index (χ0v) is 12.8. The van der Waals surface area contributed by atoms with E-state index in [0.717, 1.165) is 18.1 Å². The highest BCUT2D eigenvalue weighted by atomic mass is 79.9. The number of rotatable bonds is 2. The number of ketones is 1. The fourth-order valence-electron chi connectivity index (χ4n) is 2.88. The third kappa shape index (κ3) is 2.64. The maximum atomic E-state index is 14.1. The summed E-state index contributed by atoms with van der Waals surface area (Å²) in [6.07, 6.45) is 1.94. The molecule has 0 aromatic heterocycles. The number of Topliss-reactive ketones (excluding diaryl/α,β-unsaturated/α-hetero) is 1. The summed E-state index contributed by atoms with van der Waals surface area (Å²) >= 11 is 3.00. The number of hydrogen-bond donors (Lipinski definition) is 0. The Kier molecular flexibility index (Phi) is 3.89. The van der Waals surface area contributed by atoms with Crippen LogP contribution in [0.3, 0.4) is 0 Å². The van der Waals surface area contributed by atoms with Gasteiger partial charge in [0, 0.05) is 5.92 Å². The molecule has 1 nitrogen and oxygen atoms in total. The number of fused-ring (bicyclic) bond motifs is 1. The van der Waals surface area contributed by atoms with Gasteiger partial charge in [-0.25, -0.2) is 8.78 Å². The Hall–Kier alpha value is -1.55.